The highest BCUT2D eigenvalue weighted by Crippen LogP contribution is 2.30. The summed E-state index contributed by atoms with van der Waals surface area (Å²) < 4.78 is 10.5. The lowest BCUT2D eigenvalue weighted by molar-refractivity contribution is -0.117. The molecule has 0 atom stereocenters. The van der Waals surface area contributed by atoms with Gasteiger partial charge in [0.2, 0.25) is 5.91 Å². The van der Waals surface area contributed by atoms with E-state index in [1.165, 1.54) is 0 Å². The van der Waals surface area contributed by atoms with Gasteiger partial charge in [-0.15, -0.1) is 0 Å². The molecule has 0 unspecified atom stereocenters. The summed E-state index contributed by atoms with van der Waals surface area (Å²) in [5, 5.41) is 2.94. The molecule has 4 rings (SSSR count). The van der Waals surface area contributed by atoms with Gasteiger partial charge in [-0.25, -0.2) is 4.98 Å². The van der Waals surface area contributed by atoms with Gasteiger partial charge in [0.05, 0.1) is 37.5 Å². The Balaban J connectivity index is 1.32. The number of likely N-dealkylation sites (tertiary alicyclic amines) is 1. The van der Waals surface area contributed by atoms with Crippen LogP contribution in [0.25, 0.3) is 11.0 Å². The zero-order valence-electron chi connectivity index (χ0n) is 16.8. The lowest BCUT2D eigenvalue weighted by atomic mass is 9.96. The predicted octanol–water partition coefficient (Wildman–Crippen LogP) is 3.40. The van der Waals surface area contributed by atoms with Crippen molar-refractivity contribution in [2.75, 3.05) is 39.2 Å². The number of nitrogens with one attached hydrogen (secondary N) is 2. The number of para-hydroxylation sites is 2. The zero-order valence-corrected chi connectivity index (χ0v) is 16.8. The second-order valence-electron chi connectivity index (χ2n) is 7.30. The molecule has 1 aliphatic heterocycles. The van der Waals surface area contributed by atoms with E-state index in [0.29, 0.717) is 29.6 Å². The summed E-state index contributed by atoms with van der Waals surface area (Å²) >= 11 is 0. The largest absolute Gasteiger partial charge is 0.497 e. The Hall–Kier alpha value is -3.06. The fourth-order valence-corrected chi connectivity index (χ4v) is 3.83. The second-order valence-corrected chi connectivity index (χ2v) is 7.30. The first-order chi connectivity index (χ1) is 14.2. The number of ether oxygens (including phenoxy) is 2. The van der Waals surface area contributed by atoms with Crippen LogP contribution < -0.4 is 14.8 Å². The van der Waals surface area contributed by atoms with Gasteiger partial charge in [0, 0.05) is 12.0 Å². The highest BCUT2D eigenvalue weighted by atomic mass is 16.5. The van der Waals surface area contributed by atoms with E-state index in [-0.39, 0.29) is 5.91 Å². The number of hydrogen-bond acceptors (Lipinski definition) is 5. The van der Waals surface area contributed by atoms with Gasteiger partial charge in [-0.3, -0.25) is 9.69 Å². The second kappa shape index (κ2) is 8.53. The molecule has 1 aromatic heterocycles. The Morgan fingerprint density at radius 1 is 1.17 bits per heavy atom. The van der Waals surface area contributed by atoms with Crippen molar-refractivity contribution in [3.8, 4) is 11.5 Å². The lowest BCUT2D eigenvalue weighted by Crippen LogP contribution is -2.38. The average molecular weight is 394 g/mol. The molecule has 3 aromatic rings. The normalized spacial score (nSPS) is 15.4. The number of amides is 1. The Morgan fingerprint density at radius 2 is 1.97 bits per heavy atom. The topological polar surface area (TPSA) is 79.5 Å². The van der Waals surface area contributed by atoms with Gasteiger partial charge in [0.1, 0.15) is 17.3 Å². The van der Waals surface area contributed by atoms with Crippen molar-refractivity contribution in [2.24, 2.45) is 0 Å². The Bertz CT molecular complexity index is 960. The third kappa shape index (κ3) is 4.35. The third-order valence-corrected chi connectivity index (χ3v) is 5.43. The number of piperidine rings is 1. The van der Waals surface area contributed by atoms with Crippen LogP contribution in [0.2, 0.25) is 0 Å². The number of fused-ring (bicyclic) bond motifs is 1. The van der Waals surface area contributed by atoms with E-state index in [2.05, 4.69) is 21.3 Å². The van der Waals surface area contributed by atoms with Crippen LogP contribution >= 0.6 is 0 Å². The van der Waals surface area contributed by atoms with Crippen molar-refractivity contribution in [3.05, 3.63) is 48.3 Å². The van der Waals surface area contributed by atoms with Crippen LogP contribution in [0.15, 0.2) is 42.5 Å². The first kappa shape index (κ1) is 19.3. The zero-order chi connectivity index (χ0) is 20.2. The summed E-state index contributed by atoms with van der Waals surface area (Å²) in [5.41, 5.74) is 2.74. The van der Waals surface area contributed by atoms with E-state index in [1.807, 2.05) is 18.2 Å². The number of carbonyl (C=O) groups is 1. The molecule has 1 fully saturated rings. The first-order valence-electron chi connectivity index (χ1n) is 9.85. The van der Waals surface area contributed by atoms with Gasteiger partial charge < -0.3 is 19.8 Å². The van der Waals surface area contributed by atoms with Crippen LogP contribution in [0.3, 0.4) is 0 Å². The lowest BCUT2D eigenvalue weighted by Gasteiger charge is -2.30. The predicted molar refractivity (Wildman–Crippen MR) is 113 cm³/mol. The number of hydrogen-bond donors (Lipinski definition) is 2. The Morgan fingerprint density at radius 3 is 2.69 bits per heavy atom. The SMILES string of the molecule is COc1ccc(NC(=O)CN2CCC(c3nc4ccccc4[nH]3)CC2)c(OC)c1. The molecule has 7 heteroatoms. The average Bonchev–Trinajstić information content (AvgIpc) is 3.18. The van der Waals surface area contributed by atoms with Crippen LogP contribution in [0.1, 0.15) is 24.6 Å². The fourth-order valence-electron chi connectivity index (χ4n) is 3.83. The van der Waals surface area contributed by atoms with Gasteiger partial charge in [-0.2, -0.15) is 0 Å². The molecule has 2 aromatic carbocycles. The van der Waals surface area contributed by atoms with Crippen LogP contribution in [-0.4, -0.2) is 54.6 Å². The monoisotopic (exact) mass is 394 g/mol. The molecule has 1 aliphatic rings. The molecule has 0 aliphatic carbocycles. The van der Waals surface area contributed by atoms with Gasteiger partial charge in [0.15, 0.2) is 0 Å². The smallest absolute Gasteiger partial charge is 0.238 e. The molecule has 2 N–H and O–H groups in total. The van der Waals surface area contributed by atoms with E-state index in [0.717, 1.165) is 42.8 Å². The standard InChI is InChI=1S/C22H26N4O3/c1-28-16-7-8-19(20(13-16)29-2)23-21(27)14-26-11-9-15(10-12-26)22-24-17-5-3-4-6-18(17)25-22/h3-8,13,15H,9-12,14H2,1-2H3,(H,23,27)(H,24,25). The van der Waals surface area contributed by atoms with Crippen LogP contribution in [0.5, 0.6) is 11.5 Å². The molecule has 29 heavy (non-hydrogen) atoms. The minimum atomic E-state index is -0.0457. The maximum atomic E-state index is 12.5. The number of aromatic nitrogens is 2. The van der Waals surface area contributed by atoms with E-state index in [1.54, 1.807) is 32.4 Å². The maximum absolute atomic E-state index is 12.5. The molecular formula is C22H26N4O3. The first-order valence-corrected chi connectivity index (χ1v) is 9.85. The molecule has 152 valence electrons. The minimum absolute atomic E-state index is 0.0457. The van der Waals surface area contributed by atoms with E-state index >= 15 is 0 Å². The number of imidazole rings is 1. The van der Waals surface area contributed by atoms with Crippen LogP contribution in [0.4, 0.5) is 5.69 Å². The van der Waals surface area contributed by atoms with E-state index in [9.17, 15) is 4.79 Å². The molecule has 1 saturated heterocycles. The van der Waals surface area contributed by atoms with Crippen molar-refractivity contribution in [2.45, 2.75) is 18.8 Å². The highest BCUT2D eigenvalue weighted by molar-refractivity contribution is 5.93. The summed E-state index contributed by atoms with van der Waals surface area (Å²) in [4.78, 5) is 22.9. The Labute approximate surface area is 170 Å². The summed E-state index contributed by atoms with van der Waals surface area (Å²) in [7, 11) is 3.18. The van der Waals surface area contributed by atoms with Crippen LogP contribution in [-0.2, 0) is 4.79 Å². The van der Waals surface area contributed by atoms with Crippen molar-refractivity contribution in [1.29, 1.82) is 0 Å². The van der Waals surface area contributed by atoms with Crippen LogP contribution in [0, 0.1) is 0 Å². The third-order valence-electron chi connectivity index (χ3n) is 5.43. The van der Waals surface area contributed by atoms with Crippen molar-refractivity contribution in [3.63, 3.8) is 0 Å². The summed E-state index contributed by atoms with van der Waals surface area (Å²) in [6.07, 6.45) is 1.97. The van der Waals surface area contributed by atoms with Crippen molar-refractivity contribution in [1.82, 2.24) is 14.9 Å². The van der Waals surface area contributed by atoms with Gasteiger partial charge in [0.25, 0.3) is 0 Å². The molecule has 0 saturated carbocycles. The van der Waals surface area contributed by atoms with E-state index < -0.39 is 0 Å². The number of methoxy groups -OCH3 is 2. The van der Waals surface area contributed by atoms with Crippen molar-refractivity contribution < 1.29 is 14.3 Å². The molecular weight excluding hydrogens is 368 g/mol. The highest BCUT2D eigenvalue weighted by Gasteiger charge is 2.24. The number of aromatic amines is 1. The van der Waals surface area contributed by atoms with Crippen molar-refractivity contribution >= 4 is 22.6 Å². The molecule has 0 spiro atoms. The quantitative estimate of drug-likeness (QED) is 0.670. The molecule has 1 amide bonds. The molecule has 0 bridgehead atoms. The van der Waals surface area contributed by atoms with Gasteiger partial charge in [-0.1, -0.05) is 12.1 Å². The number of nitrogens with zero attached hydrogens (tertiary/aromatic N) is 2. The van der Waals surface area contributed by atoms with E-state index in [4.69, 9.17) is 14.5 Å². The van der Waals surface area contributed by atoms with Gasteiger partial charge in [-0.05, 0) is 50.2 Å². The van der Waals surface area contributed by atoms with Gasteiger partial charge >= 0.3 is 0 Å². The fraction of sp³-hybridized carbons (Fsp3) is 0.364. The number of rotatable bonds is 6. The Kier molecular flexibility index (Phi) is 5.67. The number of H-pyrrole nitrogens is 1. The molecule has 0 radical (unpaired) electrons. The summed E-state index contributed by atoms with van der Waals surface area (Å²) in [5.74, 6) is 2.69. The maximum Gasteiger partial charge on any atom is 0.238 e. The summed E-state index contributed by atoms with van der Waals surface area (Å²) in [6, 6.07) is 13.5. The number of anilines is 1. The number of carbonyl (C=O) groups excluding carboxylic acids is 1. The minimum Gasteiger partial charge on any atom is -0.497 e. The molecule has 2 heterocycles. The number of benzene rings is 2. The summed E-state index contributed by atoms with van der Waals surface area (Å²) in [6.45, 7) is 2.10. The molecule has 7 nitrogen and oxygen atoms in total.